The first-order chi connectivity index (χ1) is 6.00. The molecule has 0 amide bonds. The van der Waals surface area contributed by atoms with E-state index in [0.717, 1.165) is 0 Å². The molecule has 112 valence electrons. The zero-order valence-corrected chi connectivity index (χ0v) is 12.4. The third-order valence-electron chi connectivity index (χ3n) is 0. The van der Waals surface area contributed by atoms with Gasteiger partial charge in [0.2, 0.25) is 0 Å². The molecule has 0 aromatic carbocycles. The van der Waals surface area contributed by atoms with Gasteiger partial charge in [0.05, 0.1) is 0 Å². The molecule has 0 atom stereocenters. The minimum Gasteiger partial charge on any atom is -0.822 e. The Labute approximate surface area is 123 Å². The Morgan fingerprint density at radius 2 is 0.667 bits per heavy atom. The van der Waals surface area contributed by atoms with E-state index in [9.17, 15) is 0 Å². The van der Waals surface area contributed by atoms with E-state index in [-0.39, 0.29) is 41.8 Å². The summed E-state index contributed by atoms with van der Waals surface area (Å²) in [4.78, 5) is 68.8. The summed E-state index contributed by atoms with van der Waals surface area (Å²) in [5, 5.41) is 0. The second-order valence-electron chi connectivity index (χ2n) is 1.47. The Hall–Kier alpha value is 1.43. The molecule has 0 aromatic rings. The van der Waals surface area contributed by atoms with Crippen LogP contribution >= 0.6 is 37.0 Å². The van der Waals surface area contributed by atoms with E-state index in [0.29, 0.717) is 0 Å². The maximum atomic E-state index is 8.88. The maximum Gasteiger partial charge on any atom is 3.00 e. The van der Waals surface area contributed by atoms with Crippen LogP contribution in [0.4, 0.5) is 0 Å². The summed E-state index contributed by atoms with van der Waals surface area (Å²) in [5.41, 5.74) is 0. The largest absolute Gasteiger partial charge is 3.00 e. The smallest absolute Gasteiger partial charge is 0.822 e. The molecule has 0 aliphatic rings. The van der Waals surface area contributed by atoms with Crippen LogP contribution in [0, 0.1) is 0 Å². The van der Waals surface area contributed by atoms with Crippen molar-refractivity contribution < 1.29 is 57.7 Å². The standard InChI is InChI=1S/Al.3H3O4P.H2S.H4Si/c;3*1-5(2,3)4;;/h;3*(H3,1,2,3,4);1H2;1H4/q+3;;;;;/p-3. The average Bonchev–Trinajstić information content (AvgIpc) is 1.41. The molecule has 0 heterocycles. The summed E-state index contributed by atoms with van der Waals surface area (Å²) >= 11 is 0. The van der Waals surface area contributed by atoms with Crippen LogP contribution in [0.2, 0.25) is 0 Å². The monoisotopic (exact) mass is 384 g/mol. The predicted molar refractivity (Wildman–Crippen MR) is 63.6 cm³/mol. The van der Waals surface area contributed by atoms with Gasteiger partial charge in [-0.15, -0.1) is 0 Å². The molecule has 0 aliphatic carbocycles. The van der Waals surface area contributed by atoms with Gasteiger partial charge < -0.3 is 48.6 Å². The van der Waals surface area contributed by atoms with E-state index in [4.69, 9.17) is 57.7 Å². The number of hydrogen-bond acceptors (Lipinski definition) is 6. The number of rotatable bonds is 0. The minimum atomic E-state index is -5.39. The molecule has 0 aromatic heterocycles. The molecule has 0 radical (unpaired) electrons. The van der Waals surface area contributed by atoms with Gasteiger partial charge in [0.1, 0.15) is 0 Å². The fraction of sp³-hybridized carbons (Fsp3) is 0. The van der Waals surface area contributed by atoms with Gasteiger partial charge in [-0.1, -0.05) is 0 Å². The van der Waals surface area contributed by atoms with Crippen LogP contribution in [0.1, 0.15) is 0 Å². The van der Waals surface area contributed by atoms with Gasteiger partial charge in [0.15, 0.2) is 0 Å². The molecule has 0 saturated carbocycles. The summed E-state index contributed by atoms with van der Waals surface area (Å²) in [7, 11) is -14.7. The van der Waals surface area contributed by atoms with Crippen molar-refractivity contribution in [3.8, 4) is 0 Å². The molecule has 18 heavy (non-hydrogen) atoms. The molecule has 0 saturated heterocycles. The zero-order valence-electron chi connectivity index (χ0n) is 7.55. The molecule has 12 nitrogen and oxygen atoms in total. The van der Waals surface area contributed by atoms with Gasteiger partial charge in [-0.3, -0.25) is 0 Å². The molecule has 0 bridgehead atoms. The molecule has 6 N–H and O–H groups in total. The van der Waals surface area contributed by atoms with Gasteiger partial charge in [0, 0.05) is 0 Å². The zero-order chi connectivity index (χ0) is 13.5. The Morgan fingerprint density at radius 1 is 0.667 bits per heavy atom. The third-order valence-corrected chi connectivity index (χ3v) is 0. The SMILES string of the molecule is O=P(O)(O)O.O=P(O)(O)O.O=P([O-])([O-])[O-].S.[Al+3].[SiH4]. The van der Waals surface area contributed by atoms with Crippen molar-refractivity contribution in [3.63, 3.8) is 0 Å². The summed E-state index contributed by atoms with van der Waals surface area (Å²) in [6, 6.07) is 0. The van der Waals surface area contributed by atoms with Gasteiger partial charge in [-0.2, -0.15) is 21.3 Å². The molecule has 0 fully saturated rings. The normalized spacial score (nSPS) is 9.83. The topological polar surface area (TPSA) is 242 Å². The Balaban J connectivity index is -0.0000000277. The van der Waals surface area contributed by atoms with Crippen molar-refractivity contribution in [2.75, 3.05) is 0 Å². The van der Waals surface area contributed by atoms with Crippen molar-refractivity contribution in [1.29, 1.82) is 0 Å². The van der Waals surface area contributed by atoms with Crippen LogP contribution in [-0.2, 0) is 13.7 Å². The van der Waals surface area contributed by atoms with Crippen LogP contribution < -0.4 is 14.7 Å². The van der Waals surface area contributed by atoms with Crippen molar-refractivity contribution in [2.24, 2.45) is 0 Å². The van der Waals surface area contributed by atoms with Crippen LogP contribution in [0.5, 0.6) is 0 Å². The molecular weight excluding hydrogens is 372 g/mol. The molecular formula is H12AlO12P3SSi. The van der Waals surface area contributed by atoms with Gasteiger partial charge in [-0.25, -0.2) is 9.13 Å². The molecule has 0 aliphatic heterocycles. The van der Waals surface area contributed by atoms with Gasteiger partial charge >= 0.3 is 33.0 Å². The predicted octanol–water partition coefficient (Wildman–Crippen LogP) is -6.40. The summed E-state index contributed by atoms with van der Waals surface area (Å²) in [5.74, 6) is 0. The molecule has 18 heteroatoms. The summed E-state index contributed by atoms with van der Waals surface area (Å²) in [6.45, 7) is 0. The van der Waals surface area contributed by atoms with Crippen molar-refractivity contribution >= 4 is 65.3 Å². The van der Waals surface area contributed by atoms with Crippen molar-refractivity contribution in [1.82, 2.24) is 0 Å². The minimum absolute atomic E-state index is 0. The van der Waals surface area contributed by atoms with E-state index < -0.39 is 23.5 Å². The fourth-order valence-electron chi connectivity index (χ4n) is 0. The van der Waals surface area contributed by atoms with Gasteiger partial charge in [0.25, 0.3) is 0 Å². The Kier molecular flexibility index (Phi) is 30.1. The second kappa shape index (κ2) is 14.8. The van der Waals surface area contributed by atoms with Gasteiger partial charge in [-0.05, 0) is 11.0 Å². The maximum absolute atomic E-state index is 8.88. The molecule has 0 spiro atoms. The number of hydrogen-bond donors (Lipinski definition) is 6. The van der Waals surface area contributed by atoms with Crippen LogP contribution in [-0.4, -0.2) is 57.7 Å². The van der Waals surface area contributed by atoms with Crippen molar-refractivity contribution in [3.05, 3.63) is 0 Å². The van der Waals surface area contributed by atoms with E-state index in [1.54, 1.807) is 0 Å². The van der Waals surface area contributed by atoms with Crippen LogP contribution in [0.15, 0.2) is 0 Å². The first kappa shape index (κ1) is 36.6. The average molecular weight is 384 g/mol. The first-order valence-electron chi connectivity index (χ1n) is 2.30. The Morgan fingerprint density at radius 3 is 0.667 bits per heavy atom. The van der Waals surface area contributed by atoms with E-state index in [1.165, 1.54) is 0 Å². The first-order valence-corrected chi connectivity index (χ1v) is 6.89. The second-order valence-corrected chi connectivity index (χ2v) is 4.42. The van der Waals surface area contributed by atoms with Crippen LogP contribution in [0.3, 0.4) is 0 Å². The van der Waals surface area contributed by atoms with E-state index >= 15 is 0 Å². The third kappa shape index (κ3) is 2300. The Bertz CT molecular complexity index is 213. The van der Waals surface area contributed by atoms with E-state index in [2.05, 4.69) is 0 Å². The summed E-state index contributed by atoms with van der Waals surface area (Å²) in [6.07, 6.45) is 0. The number of phosphoric acid groups is 3. The van der Waals surface area contributed by atoms with E-state index in [1.807, 2.05) is 0 Å². The van der Waals surface area contributed by atoms with Crippen molar-refractivity contribution in [2.45, 2.75) is 0 Å². The molecule has 0 unspecified atom stereocenters. The molecule has 0 rings (SSSR count). The van der Waals surface area contributed by atoms with Crippen LogP contribution in [0.25, 0.3) is 0 Å². The fourth-order valence-corrected chi connectivity index (χ4v) is 0. The summed E-state index contributed by atoms with van der Waals surface area (Å²) < 4.78 is 26.3. The quantitative estimate of drug-likeness (QED) is 0.169.